The molecule has 1 amide bonds. The first kappa shape index (κ1) is 25.9. The van der Waals surface area contributed by atoms with E-state index in [2.05, 4.69) is 11.6 Å². The molecule has 198 valence electrons. The number of para-hydroxylation sites is 3. The van der Waals surface area contributed by atoms with Gasteiger partial charge in [0.1, 0.15) is 11.0 Å². The molecule has 6 heteroatoms. The van der Waals surface area contributed by atoms with Gasteiger partial charge >= 0.3 is 0 Å². The second-order valence-corrected chi connectivity index (χ2v) is 11.4. The standard InChI is InChI=1S/C34H29N3O2S/c1-24-17-19-28(20-18-24)40(39)36-23-25(2)32(33(36)30-21-22-35-31-16-10-9-15-29(30)31)34(38)37(26-11-5-3-6-12-26)27-13-7-4-8-14-27/h3-22,32-33H,2,23H2,1H3/t32-,33+,40+/m1/s1. The number of benzene rings is 4. The fourth-order valence-electron chi connectivity index (χ4n) is 5.46. The van der Waals surface area contributed by atoms with Crippen molar-refractivity contribution in [1.82, 2.24) is 9.29 Å². The molecule has 40 heavy (non-hydrogen) atoms. The number of hydrogen-bond acceptors (Lipinski definition) is 3. The molecule has 1 aliphatic heterocycles. The maximum absolute atomic E-state index is 14.7. The van der Waals surface area contributed by atoms with Gasteiger partial charge in [0, 0.05) is 29.5 Å². The predicted octanol–water partition coefficient (Wildman–Crippen LogP) is 7.16. The third-order valence-corrected chi connectivity index (χ3v) is 8.83. The van der Waals surface area contributed by atoms with Crippen LogP contribution in [0.2, 0.25) is 0 Å². The molecular formula is C34H29N3O2S. The van der Waals surface area contributed by atoms with Crippen LogP contribution >= 0.6 is 0 Å². The first-order valence-electron chi connectivity index (χ1n) is 13.2. The van der Waals surface area contributed by atoms with Gasteiger partial charge in [0.05, 0.1) is 22.4 Å². The Morgan fingerprint density at radius 2 is 1.45 bits per heavy atom. The van der Waals surface area contributed by atoms with Crippen LogP contribution in [0.3, 0.4) is 0 Å². The Hall–Kier alpha value is -4.39. The van der Waals surface area contributed by atoms with Gasteiger partial charge in [-0.15, -0.1) is 0 Å². The van der Waals surface area contributed by atoms with Crippen molar-refractivity contribution in [2.75, 3.05) is 11.4 Å². The Labute approximate surface area is 237 Å². The number of hydrogen-bond donors (Lipinski definition) is 0. The van der Waals surface area contributed by atoms with Gasteiger partial charge < -0.3 is 0 Å². The lowest BCUT2D eigenvalue weighted by Gasteiger charge is -2.31. The number of carbonyl (C=O) groups is 1. The van der Waals surface area contributed by atoms with Crippen molar-refractivity contribution in [3.05, 3.63) is 145 Å². The molecule has 1 saturated heterocycles. The number of aryl methyl sites for hydroxylation is 1. The van der Waals surface area contributed by atoms with Crippen LogP contribution in [0.1, 0.15) is 17.2 Å². The van der Waals surface area contributed by atoms with Crippen molar-refractivity contribution >= 4 is 39.2 Å². The highest BCUT2D eigenvalue weighted by molar-refractivity contribution is 7.82. The van der Waals surface area contributed by atoms with Gasteiger partial charge in [-0.3, -0.25) is 14.7 Å². The smallest absolute Gasteiger partial charge is 0.240 e. The molecule has 0 bridgehead atoms. The van der Waals surface area contributed by atoms with E-state index in [1.807, 2.05) is 126 Å². The summed E-state index contributed by atoms with van der Waals surface area (Å²) in [6.45, 7) is 6.72. The summed E-state index contributed by atoms with van der Waals surface area (Å²) >= 11 is 0. The lowest BCUT2D eigenvalue weighted by molar-refractivity contribution is -0.121. The molecule has 4 aromatic carbocycles. The van der Waals surface area contributed by atoms with Crippen molar-refractivity contribution in [3.63, 3.8) is 0 Å². The van der Waals surface area contributed by atoms with Crippen LogP contribution in [-0.2, 0) is 15.8 Å². The SMILES string of the molecule is C=C1CN([S@@](=O)c2ccc(C)cc2)[C@@H](c2ccnc3ccccc23)[C@@H]1C(=O)N(c1ccccc1)c1ccccc1. The van der Waals surface area contributed by atoms with Crippen LogP contribution in [0.15, 0.2) is 139 Å². The highest BCUT2D eigenvalue weighted by Gasteiger charge is 2.47. The van der Waals surface area contributed by atoms with Gasteiger partial charge in [0.2, 0.25) is 5.91 Å². The number of fused-ring (bicyclic) bond motifs is 1. The zero-order valence-corrected chi connectivity index (χ0v) is 23.0. The summed E-state index contributed by atoms with van der Waals surface area (Å²) in [5.74, 6) is -0.752. The third kappa shape index (κ3) is 4.76. The Bertz CT molecular complexity index is 1660. The zero-order valence-electron chi connectivity index (χ0n) is 22.2. The van der Waals surface area contributed by atoms with Crippen molar-refractivity contribution in [1.29, 1.82) is 0 Å². The minimum Gasteiger partial charge on any atom is -0.280 e. The molecule has 6 rings (SSSR count). The molecule has 1 aliphatic rings. The summed E-state index contributed by atoms with van der Waals surface area (Å²) in [6, 6.07) is 36.3. The topological polar surface area (TPSA) is 53.5 Å². The van der Waals surface area contributed by atoms with Crippen LogP contribution in [-0.4, -0.2) is 26.0 Å². The lowest BCUT2D eigenvalue weighted by atomic mass is 9.88. The van der Waals surface area contributed by atoms with Gasteiger partial charge in [0.25, 0.3) is 0 Å². The van der Waals surface area contributed by atoms with Crippen molar-refractivity contribution in [3.8, 4) is 0 Å². The maximum Gasteiger partial charge on any atom is 0.240 e. The molecule has 0 unspecified atom stereocenters. The van der Waals surface area contributed by atoms with Crippen LogP contribution in [0, 0.1) is 12.8 Å². The molecule has 3 atom stereocenters. The van der Waals surface area contributed by atoms with E-state index in [9.17, 15) is 9.00 Å². The van der Waals surface area contributed by atoms with E-state index >= 15 is 0 Å². The molecule has 5 nitrogen and oxygen atoms in total. The average Bonchev–Trinajstić information content (AvgIpc) is 3.34. The van der Waals surface area contributed by atoms with Crippen LogP contribution in [0.4, 0.5) is 11.4 Å². The van der Waals surface area contributed by atoms with E-state index in [0.717, 1.165) is 39.0 Å². The molecule has 0 spiro atoms. The number of rotatable bonds is 6. The van der Waals surface area contributed by atoms with Gasteiger partial charge in [-0.05, 0) is 66.6 Å². The van der Waals surface area contributed by atoms with Crippen LogP contribution in [0.25, 0.3) is 10.9 Å². The number of pyridine rings is 1. The summed E-state index contributed by atoms with van der Waals surface area (Å²) in [4.78, 5) is 21.8. The van der Waals surface area contributed by atoms with E-state index in [1.54, 1.807) is 11.1 Å². The molecule has 0 saturated carbocycles. The van der Waals surface area contributed by atoms with Crippen molar-refractivity contribution in [2.45, 2.75) is 17.9 Å². The number of amides is 1. The fourth-order valence-corrected chi connectivity index (χ4v) is 6.82. The van der Waals surface area contributed by atoms with E-state index < -0.39 is 22.9 Å². The van der Waals surface area contributed by atoms with Gasteiger partial charge in [0.15, 0.2) is 0 Å². The Morgan fingerprint density at radius 1 is 0.850 bits per heavy atom. The van der Waals surface area contributed by atoms with E-state index in [4.69, 9.17) is 0 Å². The zero-order chi connectivity index (χ0) is 27.6. The molecular weight excluding hydrogens is 514 g/mol. The van der Waals surface area contributed by atoms with Crippen LogP contribution < -0.4 is 4.90 Å². The van der Waals surface area contributed by atoms with Gasteiger partial charge in [-0.25, -0.2) is 8.51 Å². The highest BCUT2D eigenvalue weighted by Crippen LogP contribution is 2.46. The third-order valence-electron chi connectivity index (χ3n) is 7.38. The second kappa shape index (κ2) is 11.0. The van der Waals surface area contributed by atoms with Gasteiger partial charge in [-0.1, -0.05) is 78.9 Å². The van der Waals surface area contributed by atoms with Crippen LogP contribution in [0.5, 0.6) is 0 Å². The molecule has 0 radical (unpaired) electrons. The molecule has 0 N–H and O–H groups in total. The molecule has 5 aromatic rings. The van der Waals surface area contributed by atoms with E-state index in [0.29, 0.717) is 11.4 Å². The van der Waals surface area contributed by atoms with Crippen molar-refractivity contribution in [2.24, 2.45) is 5.92 Å². The second-order valence-electron chi connectivity index (χ2n) is 9.98. The quantitative estimate of drug-likeness (QED) is 0.214. The summed E-state index contributed by atoms with van der Waals surface area (Å²) < 4.78 is 16.1. The molecule has 2 heterocycles. The Balaban J connectivity index is 1.51. The molecule has 1 aromatic heterocycles. The fraction of sp³-hybridized carbons (Fsp3) is 0.118. The molecule has 0 aliphatic carbocycles. The average molecular weight is 544 g/mol. The predicted molar refractivity (Wildman–Crippen MR) is 161 cm³/mol. The van der Waals surface area contributed by atoms with Crippen molar-refractivity contribution < 1.29 is 9.00 Å². The number of carbonyl (C=O) groups excluding carboxylic acids is 1. The lowest BCUT2D eigenvalue weighted by Crippen LogP contribution is -2.37. The Kier molecular flexibility index (Phi) is 7.11. The minimum absolute atomic E-state index is 0.114. The minimum atomic E-state index is -1.52. The number of aromatic nitrogens is 1. The largest absolute Gasteiger partial charge is 0.280 e. The molecule has 1 fully saturated rings. The Morgan fingerprint density at radius 3 is 2.10 bits per heavy atom. The monoisotopic (exact) mass is 543 g/mol. The van der Waals surface area contributed by atoms with Gasteiger partial charge in [-0.2, -0.15) is 0 Å². The number of anilines is 2. The summed E-state index contributed by atoms with van der Waals surface area (Å²) in [6.07, 6.45) is 1.76. The number of nitrogens with zero attached hydrogens (tertiary/aromatic N) is 3. The van der Waals surface area contributed by atoms with E-state index in [1.165, 1.54) is 0 Å². The summed E-state index contributed by atoms with van der Waals surface area (Å²) in [5.41, 5.74) is 5.09. The summed E-state index contributed by atoms with van der Waals surface area (Å²) in [5, 5.41) is 0.930. The summed E-state index contributed by atoms with van der Waals surface area (Å²) in [7, 11) is -1.52. The first-order chi connectivity index (χ1) is 19.5. The maximum atomic E-state index is 14.7. The highest BCUT2D eigenvalue weighted by atomic mass is 32.2. The van der Waals surface area contributed by atoms with E-state index in [-0.39, 0.29) is 5.91 Å². The first-order valence-corrected chi connectivity index (χ1v) is 14.3. The normalized spacial score (nSPS) is 18.1.